The zero-order chi connectivity index (χ0) is 17.5. The molecule has 1 aliphatic heterocycles. The fourth-order valence-electron chi connectivity index (χ4n) is 4.58. The average Bonchev–Trinajstić information content (AvgIpc) is 3.41. The smallest absolute Gasteiger partial charge is 0.223 e. The molecule has 3 aliphatic rings. The molecular formula is C22H22N2O2. The molecule has 5 rings (SSSR count). The number of pyridine rings is 1. The van der Waals surface area contributed by atoms with Crippen LogP contribution in [0.15, 0.2) is 54.9 Å². The highest BCUT2D eigenvalue weighted by Crippen LogP contribution is 2.43. The second-order valence-electron chi connectivity index (χ2n) is 7.64. The van der Waals surface area contributed by atoms with Crippen LogP contribution in [0.25, 0.3) is 11.1 Å². The number of fused-ring (bicyclic) bond motifs is 3. The highest BCUT2D eigenvalue weighted by molar-refractivity contribution is 5.80. The van der Waals surface area contributed by atoms with Crippen molar-refractivity contribution < 1.29 is 9.53 Å². The summed E-state index contributed by atoms with van der Waals surface area (Å²) in [7, 11) is 0. The first-order valence-corrected chi connectivity index (χ1v) is 9.42. The summed E-state index contributed by atoms with van der Waals surface area (Å²) in [5, 5.41) is 3.12. The van der Waals surface area contributed by atoms with Crippen LogP contribution in [0.3, 0.4) is 0 Å². The van der Waals surface area contributed by atoms with E-state index in [0.29, 0.717) is 18.4 Å². The highest BCUT2D eigenvalue weighted by atomic mass is 16.5. The van der Waals surface area contributed by atoms with Crippen molar-refractivity contribution in [2.24, 2.45) is 17.8 Å². The maximum Gasteiger partial charge on any atom is 0.223 e. The summed E-state index contributed by atoms with van der Waals surface area (Å²) in [5.74, 6) is 2.35. The molecular weight excluding hydrogens is 324 g/mol. The third-order valence-electron chi connectivity index (χ3n) is 5.92. The molecule has 0 spiro atoms. The summed E-state index contributed by atoms with van der Waals surface area (Å²) in [4.78, 5) is 16.7. The Morgan fingerprint density at radius 3 is 2.92 bits per heavy atom. The van der Waals surface area contributed by atoms with Crippen molar-refractivity contribution in [3.05, 3.63) is 60.4 Å². The Kier molecular flexibility index (Phi) is 3.77. The molecule has 0 saturated heterocycles. The Bertz CT molecular complexity index is 862. The molecule has 4 nitrogen and oxygen atoms in total. The van der Waals surface area contributed by atoms with Crippen molar-refractivity contribution in [3.63, 3.8) is 0 Å². The van der Waals surface area contributed by atoms with Gasteiger partial charge in [-0.25, -0.2) is 0 Å². The Morgan fingerprint density at radius 2 is 2.15 bits per heavy atom. The fraction of sp³-hybridized carbons (Fsp3) is 0.364. The van der Waals surface area contributed by atoms with Crippen LogP contribution in [0.1, 0.15) is 18.4 Å². The number of allylic oxidation sites excluding steroid dienone is 2. The quantitative estimate of drug-likeness (QED) is 0.864. The lowest BCUT2D eigenvalue weighted by atomic mass is 9.93. The zero-order valence-electron chi connectivity index (χ0n) is 14.6. The van der Waals surface area contributed by atoms with Gasteiger partial charge in [0, 0.05) is 30.3 Å². The molecule has 132 valence electrons. The van der Waals surface area contributed by atoms with Gasteiger partial charge in [-0.1, -0.05) is 24.3 Å². The van der Waals surface area contributed by atoms with E-state index in [4.69, 9.17) is 4.74 Å². The predicted octanol–water partition coefficient (Wildman–Crippen LogP) is 3.38. The first-order chi connectivity index (χ1) is 12.8. The average molecular weight is 346 g/mol. The summed E-state index contributed by atoms with van der Waals surface area (Å²) < 4.78 is 6.03. The van der Waals surface area contributed by atoms with E-state index in [1.165, 1.54) is 5.56 Å². The second-order valence-corrected chi connectivity index (χ2v) is 7.64. The maximum absolute atomic E-state index is 12.5. The van der Waals surface area contributed by atoms with Crippen LogP contribution in [-0.2, 0) is 11.2 Å². The summed E-state index contributed by atoms with van der Waals surface area (Å²) >= 11 is 0. The number of hydrogen-bond acceptors (Lipinski definition) is 3. The molecule has 4 heteroatoms. The minimum absolute atomic E-state index is 0.0206. The molecule has 1 unspecified atom stereocenters. The van der Waals surface area contributed by atoms with E-state index in [2.05, 4.69) is 40.7 Å². The van der Waals surface area contributed by atoms with E-state index >= 15 is 0 Å². The number of benzene rings is 1. The van der Waals surface area contributed by atoms with Crippen LogP contribution < -0.4 is 10.1 Å². The maximum atomic E-state index is 12.5. The van der Waals surface area contributed by atoms with Crippen molar-refractivity contribution in [2.75, 3.05) is 6.54 Å². The summed E-state index contributed by atoms with van der Waals surface area (Å²) in [6.07, 6.45) is 11.2. The number of nitrogens with zero attached hydrogens (tertiary/aromatic N) is 1. The van der Waals surface area contributed by atoms with E-state index in [1.807, 2.05) is 18.3 Å². The van der Waals surface area contributed by atoms with Crippen molar-refractivity contribution in [1.82, 2.24) is 10.3 Å². The standard InChI is InChI=1S/C22H22N2O2/c25-22(20-9-14-3-4-16(20)8-14)24-13-19-11-18-10-15(5-6-21(18)26-19)17-2-1-7-23-12-17/h1-7,10,12,14,16,19-20H,8-9,11,13H2,(H,24,25)/t14-,16+,19?,20-/m1/s1. The summed E-state index contributed by atoms with van der Waals surface area (Å²) in [5.41, 5.74) is 3.46. The molecule has 1 aromatic carbocycles. The Morgan fingerprint density at radius 1 is 1.19 bits per heavy atom. The molecule has 1 aromatic heterocycles. The number of ether oxygens (including phenoxy) is 1. The van der Waals surface area contributed by atoms with Gasteiger partial charge in [-0.15, -0.1) is 0 Å². The van der Waals surface area contributed by atoms with Gasteiger partial charge in [0.25, 0.3) is 0 Å². The van der Waals surface area contributed by atoms with Crippen LogP contribution in [-0.4, -0.2) is 23.5 Å². The van der Waals surface area contributed by atoms with Crippen molar-refractivity contribution in [3.8, 4) is 16.9 Å². The summed E-state index contributed by atoms with van der Waals surface area (Å²) in [6, 6.07) is 10.3. The molecule has 2 aliphatic carbocycles. The van der Waals surface area contributed by atoms with E-state index in [0.717, 1.165) is 36.1 Å². The SMILES string of the molecule is O=C(NCC1Cc2cc(-c3cccnc3)ccc2O1)[C@@H]1C[C@@H]2C=C[C@H]1C2. The molecule has 2 aromatic rings. The highest BCUT2D eigenvalue weighted by Gasteiger charge is 2.39. The minimum Gasteiger partial charge on any atom is -0.488 e. The Balaban J connectivity index is 1.21. The van der Waals surface area contributed by atoms with Gasteiger partial charge >= 0.3 is 0 Å². The fourth-order valence-corrected chi connectivity index (χ4v) is 4.58. The number of carbonyl (C=O) groups excluding carboxylic acids is 1. The van der Waals surface area contributed by atoms with Gasteiger partial charge < -0.3 is 10.1 Å². The van der Waals surface area contributed by atoms with Crippen LogP contribution in [0.2, 0.25) is 0 Å². The molecule has 2 heterocycles. The van der Waals surface area contributed by atoms with Crippen LogP contribution >= 0.6 is 0 Å². The largest absolute Gasteiger partial charge is 0.488 e. The number of aromatic nitrogens is 1. The molecule has 0 radical (unpaired) electrons. The Hall–Kier alpha value is -2.62. The number of carbonyl (C=O) groups is 1. The third kappa shape index (κ3) is 2.79. The van der Waals surface area contributed by atoms with E-state index in [9.17, 15) is 4.79 Å². The lowest BCUT2D eigenvalue weighted by Gasteiger charge is -2.19. The van der Waals surface area contributed by atoms with E-state index in [-0.39, 0.29) is 17.9 Å². The van der Waals surface area contributed by atoms with Gasteiger partial charge in [-0.3, -0.25) is 9.78 Å². The van der Waals surface area contributed by atoms with Gasteiger partial charge in [0.1, 0.15) is 11.9 Å². The van der Waals surface area contributed by atoms with Gasteiger partial charge in [0.05, 0.1) is 6.54 Å². The number of nitrogens with one attached hydrogen (secondary N) is 1. The van der Waals surface area contributed by atoms with E-state index in [1.54, 1.807) is 6.20 Å². The molecule has 1 amide bonds. The molecule has 1 fully saturated rings. The molecule has 4 atom stereocenters. The second kappa shape index (κ2) is 6.27. The molecule has 1 N–H and O–H groups in total. The van der Waals surface area contributed by atoms with Crippen LogP contribution in [0.4, 0.5) is 0 Å². The minimum atomic E-state index is 0.0206. The van der Waals surface area contributed by atoms with Crippen molar-refractivity contribution in [1.29, 1.82) is 0 Å². The summed E-state index contributed by atoms with van der Waals surface area (Å²) in [6.45, 7) is 0.577. The molecule has 1 saturated carbocycles. The van der Waals surface area contributed by atoms with Gasteiger partial charge in [0.2, 0.25) is 5.91 Å². The number of rotatable bonds is 4. The lowest BCUT2D eigenvalue weighted by molar-refractivity contribution is -0.126. The Labute approximate surface area is 153 Å². The van der Waals surface area contributed by atoms with Gasteiger partial charge in [0.15, 0.2) is 0 Å². The first kappa shape index (κ1) is 15.6. The van der Waals surface area contributed by atoms with Crippen molar-refractivity contribution in [2.45, 2.75) is 25.4 Å². The van der Waals surface area contributed by atoms with Crippen LogP contribution in [0.5, 0.6) is 5.75 Å². The van der Waals surface area contributed by atoms with Crippen LogP contribution in [0, 0.1) is 17.8 Å². The number of hydrogen-bond donors (Lipinski definition) is 1. The van der Waals surface area contributed by atoms with Crippen molar-refractivity contribution >= 4 is 5.91 Å². The van der Waals surface area contributed by atoms with Gasteiger partial charge in [-0.05, 0) is 54.0 Å². The molecule has 2 bridgehead atoms. The lowest BCUT2D eigenvalue weighted by Crippen LogP contribution is -2.39. The molecule has 26 heavy (non-hydrogen) atoms. The third-order valence-corrected chi connectivity index (χ3v) is 5.92. The number of amides is 1. The van der Waals surface area contributed by atoms with E-state index < -0.39 is 0 Å². The zero-order valence-corrected chi connectivity index (χ0v) is 14.6. The topological polar surface area (TPSA) is 51.2 Å². The first-order valence-electron chi connectivity index (χ1n) is 9.42. The monoisotopic (exact) mass is 346 g/mol. The van der Waals surface area contributed by atoms with Gasteiger partial charge in [-0.2, -0.15) is 0 Å². The predicted molar refractivity (Wildman–Crippen MR) is 99.6 cm³/mol. The normalized spacial score (nSPS) is 28.0.